The second-order valence-electron chi connectivity index (χ2n) is 4.64. The Bertz CT molecular complexity index is 466. The van der Waals surface area contributed by atoms with E-state index >= 15 is 0 Å². The maximum absolute atomic E-state index is 12.7. The van der Waals surface area contributed by atoms with Crippen molar-refractivity contribution in [2.24, 2.45) is 0 Å². The van der Waals surface area contributed by atoms with E-state index < -0.39 is 0 Å². The highest BCUT2D eigenvalue weighted by Gasteiger charge is 2.04. The van der Waals surface area contributed by atoms with Gasteiger partial charge in [-0.05, 0) is 30.7 Å². The van der Waals surface area contributed by atoms with Crippen LogP contribution in [0, 0.1) is 5.82 Å². The van der Waals surface area contributed by atoms with Gasteiger partial charge in [0.1, 0.15) is 5.82 Å². The summed E-state index contributed by atoms with van der Waals surface area (Å²) < 4.78 is 17.6. The van der Waals surface area contributed by atoms with Crippen LogP contribution < -0.4 is 16.0 Å². The first-order valence-corrected chi connectivity index (χ1v) is 7.13. The van der Waals surface area contributed by atoms with Crippen molar-refractivity contribution in [1.82, 2.24) is 16.0 Å². The average molecular weight is 311 g/mol. The molecule has 0 aliphatic carbocycles. The van der Waals surface area contributed by atoms with Gasteiger partial charge in [0, 0.05) is 32.3 Å². The molecule has 0 unspecified atom stereocenters. The molecule has 3 N–H and O–H groups in total. The van der Waals surface area contributed by atoms with Gasteiger partial charge in [0.2, 0.25) is 5.91 Å². The number of amides is 2. The van der Waals surface area contributed by atoms with Crippen molar-refractivity contribution in [1.29, 1.82) is 0 Å². The van der Waals surface area contributed by atoms with Gasteiger partial charge in [0.15, 0.2) is 0 Å². The zero-order chi connectivity index (χ0) is 16.2. The molecule has 0 saturated heterocycles. The van der Waals surface area contributed by atoms with Gasteiger partial charge in [-0.1, -0.05) is 0 Å². The molecule has 0 atom stereocenters. The second-order valence-corrected chi connectivity index (χ2v) is 4.64. The smallest absolute Gasteiger partial charge is 0.251 e. The average Bonchev–Trinajstić information content (AvgIpc) is 2.51. The summed E-state index contributed by atoms with van der Waals surface area (Å²) in [7, 11) is 1.60. The van der Waals surface area contributed by atoms with E-state index in [2.05, 4.69) is 16.0 Å². The van der Waals surface area contributed by atoms with Crippen LogP contribution in [0.4, 0.5) is 4.39 Å². The number of carbonyl (C=O) groups is 2. The van der Waals surface area contributed by atoms with E-state index in [-0.39, 0.29) is 24.2 Å². The molecule has 0 fully saturated rings. The first-order chi connectivity index (χ1) is 10.6. The molecule has 0 aliphatic rings. The van der Waals surface area contributed by atoms with Gasteiger partial charge in [-0.25, -0.2) is 4.39 Å². The third kappa shape index (κ3) is 7.70. The fraction of sp³-hybridized carbons (Fsp3) is 0.467. The minimum Gasteiger partial charge on any atom is -0.383 e. The summed E-state index contributed by atoms with van der Waals surface area (Å²) in [4.78, 5) is 23.1. The van der Waals surface area contributed by atoms with E-state index in [1.165, 1.54) is 24.3 Å². The number of nitrogens with one attached hydrogen (secondary N) is 3. The first kappa shape index (κ1) is 18.1. The number of carbonyl (C=O) groups excluding carboxylic acids is 2. The highest BCUT2D eigenvalue weighted by Crippen LogP contribution is 2.02. The molecule has 0 heterocycles. The summed E-state index contributed by atoms with van der Waals surface area (Å²) in [5.74, 6) is -0.730. The van der Waals surface area contributed by atoms with E-state index in [0.717, 1.165) is 0 Å². The monoisotopic (exact) mass is 311 g/mol. The van der Waals surface area contributed by atoms with E-state index in [1.807, 2.05) is 0 Å². The lowest BCUT2D eigenvalue weighted by molar-refractivity contribution is -0.120. The van der Waals surface area contributed by atoms with Crippen LogP contribution in [-0.2, 0) is 9.53 Å². The summed E-state index contributed by atoms with van der Waals surface area (Å²) in [6.45, 7) is 2.34. The fourth-order valence-electron chi connectivity index (χ4n) is 1.66. The molecule has 0 radical (unpaired) electrons. The largest absolute Gasteiger partial charge is 0.383 e. The first-order valence-electron chi connectivity index (χ1n) is 7.13. The maximum Gasteiger partial charge on any atom is 0.251 e. The van der Waals surface area contributed by atoms with Crippen LogP contribution in [0.15, 0.2) is 24.3 Å². The molecular formula is C15H22FN3O3. The van der Waals surface area contributed by atoms with Gasteiger partial charge in [-0.15, -0.1) is 0 Å². The van der Waals surface area contributed by atoms with E-state index in [9.17, 15) is 14.0 Å². The summed E-state index contributed by atoms with van der Waals surface area (Å²) in [6, 6.07) is 5.34. The van der Waals surface area contributed by atoms with Gasteiger partial charge in [-0.3, -0.25) is 9.59 Å². The van der Waals surface area contributed by atoms with Gasteiger partial charge in [-0.2, -0.15) is 0 Å². The van der Waals surface area contributed by atoms with Gasteiger partial charge < -0.3 is 20.7 Å². The topological polar surface area (TPSA) is 79.5 Å². The van der Waals surface area contributed by atoms with E-state index in [4.69, 9.17) is 4.74 Å². The highest BCUT2D eigenvalue weighted by molar-refractivity contribution is 5.94. The molecule has 0 saturated carbocycles. The number of hydrogen-bond donors (Lipinski definition) is 3. The lowest BCUT2D eigenvalue weighted by Gasteiger charge is -2.07. The summed E-state index contributed by atoms with van der Waals surface area (Å²) >= 11 is 0. The van der Waals surface area contributed by atoms with Crippen LogP contribution in [0.25, 0.3) is 0 Å². The predicted molar refractivity (Wildman–Crippen MR) is 81.1 cm³/mol. The number of ether oxygens (including phenoxy) is 1. The second kappa shape index (κ2) is 10.7. The predicted octanol–water partition coefficient (Wildman–Crippen LogP) is 0.298. The number of benzene rings is 1. The molecule has 7 heteroatoms. The van der Waals surface area contributed by atoms with Crippen molar-refractivity contribution in [3.63, 3.8) is 0 Å². The minimum absolute atomic E-state index is 0.0963. The minimum atomic E-state index is -0.377. The van der Waals surface area contributed by atoms with E-state index in [1.54, 1.807) is 7.11 Å². The van der Waals surface area contributed by atoms with Crippen molar-refractivity contribution in [2.45, 2.75) is 6.42 Å². The lowest BCUT2D eigenvalue weighted by atomic mass is 10.2. The molecular weight excluding hydrogens is 289 g/mol. The third-order valence-electron chi connectivity index (χ3n) is 2.84. The summed E-state index contributed by atoms with van der Waals surface area (Å²) in [5, 5.41) is 8.38. The van der Waals surface area contributed by atoms with Crippen LogP contribution in [-0.4, -0.2) is 51.7 Å². The Labute approximate surface area is 129 Å². The van der Waals surface area contributed by atoms with Crippen LogP contribution in [0.2, 0.25) is 0 Å². The van der Waals surface area contributed by atoms with E-state index in [0.29, 0.717) is 38.2 Å². The Balaban J connectivity index is 2.06. The lowest BCUT2D eigenvalue weighted by Crippen LogP contribution is -2.36. The third-order valence-corrected chi connectivity index (χ3v) is 2.84. The zero-order valence-electron chi connectivity index (χ0n) is 12.7. The van der Waals surface area contributed by atoms with Crippen LogP contribution in [0.3, 0.4) is 0 Å². The quantitative estimate of drug-likeness (QED) is 0.543. The fourth-order valence-corrected chi connectivity index (χ4v) is 1.66. The van der Waals surface area contributed by atoms with Crippen molar-refractivity contribution in [3.8, 4) is 0 Å². The Kier molecular flexibility index (Phi) is 8.78. The van der Waals surface area contributed by atoms with Crippen molar-refractivity contribution < 1.29 is 18.7 Å². The number of rotatable bonds is 10. The summed E-state index contributed by atoms with van der Waals surface area (Å²) in [6.07, 6.45) is 0.622. The summed E-state index contributed by atoms with van der Waals surface area (Å²) in [5.41, 5.74) is 0.410. The molecule has 0 aliphatic heterocycles. The molecule has 122 valence electrons. The number of methoxy groups -OCH3 is 1. The molecule has 2 amide bonds. The Morgan fingerprint density at radius 1 is 1.09 bits per heavy atom. The molecule has 6 nitrogen and oxygen atoms in total. The molecule has 1 aromatic rings. The molecule has 1 aromatic carbocycles. The van der Waals surface area contributed by atoms with Crippen molar-refractivity contribution in [2.75, 3.05) is 39.9 Å². The Morgan fingerprint density at radius 2 is 1.77 bits per heavy atom. The van der Waals surface area contributed by atoms with Crippen molar-refractivity contribution >= 4 is 11.8 Å². The Morgan fingerprint density at radius 3 is 2.45 bits per heavy atom. The van der Waals surface area contributed by atoms with Gasteiger partial charge in [0.25, 0.3) is 5.91 Å². The van der Waals surface area contributed by atoms with Gasteiger partial charge >= 0.3 is 0 Å². The van der Waals surface area contributed by atoms with Crippen LogP contribution in [0.1, 0.15) is 16.8 Å². The Hall–Kier alpha value is -1.99. The van der Waals surface area contributed by atoms with Crippen LogP contribution >= 0.6 is 0 Å². The van der Waals surface area contributed by atoms with Gasteiger partial charge in [0.05, 0.1) is 13.2 Å². The molecule has 22 heavy (non-hydrogen) atoms. The molecule has 1 rings (SSSR count). The number of hydrogen-bond acceptors (Lipinski definition) is 4. The standard InChI is InChI=1S/C15H22FN3O3/c1-22-10-9-17-11-14(20)18-7-2-8-19-15(21)12-3-5-13(16)6-4-12/h3-6,17H,2,7-11H2,1H3,(H,18,20)(H,19,21). The zero-order valence-corrected chi connectivity index (χ0v) is 12.7. The number of halogens is 1. The van der Waals surface area contributed by atoms with Crippen molar-refractivity contribution in [3.05, 3.63) is 35.6 Å². The normalized spacial score (nSPS) is 10.3. The molecule has 0 spiro atoms. The SMILES string of the molecule is COCCNCC(=O)NCCCNC(=O)c1ccc(F)cc1. The molecule has 0 bridgehead atoms. The molecule has 0 aromatic heterocycles. The van der Waals surface area contributed by atoms with Crippen LogP contribution in [0.5, 0.6) is 0 Å². The highest BCUT2D eigenvalue weighted by atomic mass is 19.1. The maximum atomic E-state index is 12.7.